The first-order valence-corrected chi connectivity index (χ1v) is 16.3. The molecule has 0 radical (unpaired) electrons. The van der Waals surface area contributed by atoms with E-state index in [0.29, 0.717) is 0 Å². The Hall–Kier alpha value is -1.74. The van der Waals surface area contributed by atoms with Gasteiger partial charge in [-0.25, -0.2) is 4.79 Å². The summed E-state index contributed by atoms with van der Waals surface area (Å²) in [4.78, 5) is 9.72. The van der Waals surface area contributed by atoms with Crippen LogP contribution in [0.4, 0.5) is 65.9 Å². The molecule has 0 fully saturated rings. The molecule has 0 unspecified atom stereocenters. The van der Waals surface area contributed by atoms with E-state index in [9.17, 15) is 70.7 Å². The van der Waals surface area contributed by atoms with Gasteiger partial charge in [-0.2, -0.15) is 65.9 Å². The van der Waals surface area contributed by atoms with Crippen molar-refractivity contribution in [3.63, 3.8) is 0 Å². The van der Waals surface area contributed by atoms with Gasteiger partial charge in [-0.1, -0.05) is 105 Å². The second-order valence-corrected chi connectivity index (χ2v) is 11.2. The fourth-order valence-electron chi connectivity index (χ4n) is 3.50. The number of aliphatic carboxylic acids is 1. The third kappa shape index (κ3) is 19.5. The molecule has 0 rings (SSSR count). The molecule has 324 valence electrons. The lowest BCUT2D eigenvalue weighted by Crippen LogP contribution is -2.73. The first-order valence-electron chi connectivity index (χ1n) is 16.3. The SMILES string of the molecule is C.CCCCCCCN.CCCCCCCN.CCCCCCCNC.O.O=C(O)C(F)(F)C(F)(F)C(F)(F)C(F)(F)C(F)(F)C(F)(F)C(F)(F)F.[2HH]. The Morgan fingerprint density at radius 2 is 0.788 bits per heavy atom. The molecule has 0 saturated heterocycles. The van der Waals surface area contributed by atoms with Gasteiger partial charge in [0, 0.05) is 1.43 Å². The fourth-order valence-corrected chi connectivity index (χ4v) is 3.50. The standard InChI is InChI=1S/C8HF15O2.C8H19N.2C7H17N.CH4.H2O.H2/c9-2(10,1(24)25)3(11,12)4(13,14)5(15,16)6(17,18)7(19,20)8(21,22)23;1-3-4-5-6-7-8-9-2;2*1-2-3-4-5-6-7-8;;;/h(H,24,25);9H,3-8H2,1-2H3;2*2-8H2,1H3;1H4;1H2;1H/i;;;;;;1+1. The summed E-state index contributed by atoms with van der Waals surface area (Å²) in [5, 5.41) is 10.7. The maximum absolute atomic E-state index is 12.8. The van der Waals surface area contributed by atoms with Gasteiger partial charge in [0.2, 0.25) is 0 Å². The molecule has 0 aliphatic rings. The molecule has 0 aliphatic heterocycles. The van der Waals surface area contributed by atoms with Crippen molar-refractivity contribution >= 4 is 5.97 Å². The predicted molar refractivity (Wildman–Crippen MR) is 174 cm³/mol. The highest BCUT2D eigenvalue weighted by molar-refractivity contribution is 5.77. The van der Waals surface area contributed by atoms with Gasteiger partial charge in [0.15, 0.2) is 0 Å². The lowest BCUT2D eigenvalue weighted by Gasteiger charge is -2.40. The number of nitrogens with one attached hydrogen (secondary N) is 1. The molecule has 0 aliphatic carbocycles. The predicted octanol–water partition coefficient (Wildman–Crippen LogP) is 10.5. The molecule has 0 saturated carbocycles. The average molecular weight is 811 g/mol. The third-order valence-corrected chi connectivity index (χ3v) is 6.74. The zero-order valence-corrected chi connectivity index (χ0v) is 29.4. The van der Waals surface area contributed by atoms with Crippen LogP contribution in [0.3, 0.4) is 0 Å². The molecule has 0 spiro atoms. The zero-order chi connectivity index (χ0) is 40.5. The van der Waals surface area contributed by atoms with Crippen molar-refractivity contribution in [3.05, 3.63) is 0 Å². The molecular formula is C31H62F15N3O3. The summed E-state index contributed by atoms with van der Waals surface area (Å²) in [6.07, 6.45) is 12.4. The minimum atomic E-state index is -8.47. The van der Waals surface area contributed by atoms with Gasteiger partial charge in [0.05, 0.1) is 0 Å². The average Bonchev–Trinajstić information content (AvgIpc) is 3.01. The monoisotopic (exact) mass is 810 g/mol. The van der Waals surface area contributed by atoms with Gasteiger partial charge in [0.1, 0.15) is 0 Å². The highest BCUT2D eigenvalue weighted by Gasteiger charge is 2.94. The van der Waals surface area contributed by atoms with Crippen molar-refractivity contribution < 1.29 is 82.7 Å². The van der Waals surface area contributed by atoms with Crippen molar-refractivity contribution in [1.82, 2.24) is 5.32 Å². The smallest absolute Gasteiger partial charge is 0.460 e. The van der Waals surface area contributed by atoms with E-state index < -0.39 is 47.7 Å². The van der Waals surface area contributed by atoms with E-state index in [0.717, 1.165) is 13.1 Å². The maximum atomic E-state index is 12.8. The number of hydrogen-bond donors (Lipinski definition) is 4. The molecule has 8 N–H and O–H groups in total. The molecule has 0 bridgehead atoms. The van der Waals surface area contributed by atoms with Crippen LogP contribution < -0.4 is 16.8 Å². The van der Waals surface area contributed by atoms with Gasteiger partial charge in [0.25, 0.3) is 0 Å². The Balaban J connectivity index is -0.000000124. The Kier molecular flexibility index (Phi) is 35.4. The minimum absolute atomic E-state index is 0. The maximum Gasteiger partial charge on any atom is 0.460 e. The molecule has 6 nitrogen and oxygen atoms in total. The summed E-state index contributed by atoms with van der Waals surface area (Å²) in [5.74, 6) is -52.8. The number of hydrogen-bond acceptors (Lipinski definition) is 4. The van der Waals surface area contributed by atoms with E-state index in [1.165, 1.54) is 103 Å². The highest BCUT2D eigenvalue weighted by Crippen LogP contribution is 2.62. The van der Waals surface area contributed by atoms with Crippen LogP contribution in [-0.2, 0) is 4.79 Å². The number of rotatable bonds is 22. The molecule has 21 heteroatoms. The number of unbranched alkanes of at least 4 members (excludes halogenated alkanes) is 12. The fraction of sp³-hybridized carbons (Fsp3) is 0.968. The molecule has 0 aromatic heterocycles. The number of alkyl halides is 15. The van der Waals surface area contributed by atoms with Crippen LogP contribution in [0.2, 0.25) is 0 Å². The van der Waals surface area contributed by atoms with Crippen LogP contribution in [0.5, 0.6) is 0 Å². The molecule has 0 aromatic rings. The van der Waals surface area contributed by atoms with Crippen LogP contribution >= 0.6 is 0 Å². The van der Waals surface area contributed by atoms with E-state index in [2.05, 4.69) is 26.1 Å². The van der Waals surface area contributed by atoms with E-state index >= 15 is 0 Å². The van der Waals surface area contributed by atoms with Gasteiger partial charge in [-0.05, 0) is 45.9 Å². The summed E-state index contributed by atoms with van der Waals surface area (Å²) in [7, 11) is 2.01. The number of halogens is 15. The van der Waals surface area contributed by atoms with Gasteiger partial charge < -0.3 is 27.4 Å². The number of carboxylic acid groups (broad SMARTS) is 1. The summed E-state index contributed by atoms with van der Waals surface area (Å²) in [6, 6.07) is 0. The second kappa shape index (κ2) is 29.6. The Morgan fingerprint density at radius 1 is 0.519 bits per heavy atom. The minimum Gasteiger partial charge on any atom is -0.477 e. The topological polar surface area (TPSA) is 133 Å². The number of carbonyl (C=O) groups is 1. The molecule has 52 heavy (non-hydrogen) atoms. The van der Waals surface area contributed by atoms with E-state index in [4.69, 9.17) is 16.6 Å². The van der Waals surface area contributed by atoms with Crippen LogP contribution in [0, 0.1) is 0 Å². The van der Waals surface area contributed by atoms with Crippen molar-refractivity contribution in [1.29, 1.82) is 0 Å². The molecular weight excluding hydrogens is 747 g/mol. The third-order valence-electron chi connectivity index (χ3n) is 6.74. The van der Waals surface area contributed by atoms with E-state index in [1.54, 1.807) is 0 Å². The summed E-state index contributed by atoms with van der Waals surface area (Å²) in [5.41, 5.74) is 10.6. The molecule has 0 aromatic carbocycles. The Bertz CT molecular complexity index is 827. The van der Waals surface area contributed by atoms with Crippen molar-refractivity contribution in [3.8, 4) is 0 Å². The first-order chi connectivity index (χ1) is 22.7. The summed E-state index contributed by atoms with van der Waals surface area (Å²) < 4.78 is 187. The summed E-state index contributed by atoms with van der Waals surface area (Å²) in [6.45, 7) is 9.61. The summed E-state index contributed by atoms with van der Waals surface area (Å²) >= 11 is 0. The molecule has 0 heterocycles. The van der Waals surface area contributed by atoms with Crippen LogP contribution in [-0.4, -0.2) is 84.9 Å². The number of carboxylic acids is 1. The van der Waals surface area contributed by atoms with Crippen molar-refractivity contribution in [2.24, 2.45) is 11.5 Å². The number of nitrogens with two attached hydrogens (primary N) is 2. The Labute approximate surface area is 298 Å². The van der Waals surface area contributed by atoms with Crippen LogP contribution in [0.25, 0.3) is 0 Å². The van der Waals surface area contributed by atoms with Crippen LogP contribution in [0.15, 0.2) is 0 Å². The Morgan fingerprint density at radius 3 is 1.04 bits per heavy atom. The van der Waals surface area contributed by atoms with Gasteiger partial charge >= 0.3 is 47.7 Å². The zero-order valence-electron chi connectivity index (χ0n) is 29.4. The van der Waals surface area contributed by atoms with Gasteiger partial charge in [-0.3, -0.25) is 0 Å². The quantitative estimate of drug-likeness (QED) is 0.0638. The second-order valence-electron chi connectivity index (χ2n) is 11.2. The molecule has 0 atom stereocenters. The highest BCUT2D eigenvalue weighted by atomic mass is 19.4. The van der Waals surface area contributed by atoms with E-state index in [-0.39, 0.29) is 14.3 Å². The largest absolute Gasteiger partial charge is 0.477 e. The van der Waals surface area contributed by atoms with E-state index in [1.807, 2.05) is 7.05 Å². The van der Waals surface area contributed by atoms with Crippen LogP contribution in [0.1, 0.15) is 126 Å². The lowest BCUT2D eigenvalue weighted by atomic mass is 9.91. The van der Waals surface area contributed by atoms with Crippen molar-refractivity contribution in [2.75, 3.05) is 26.7 Å². The van der Waals surface area contributed by atoms with Gasteiger partial charge in [-0.15, -0.1) is 0 Å². The first kappa shape index (κ1) is 62.3. The normalized spacial score (nSPS) is 12.5. The lowest BCUT2D eigenvalue weighted by molar-refractivity contribution is -0.450. The molecule has 0 amide bonds. The van der Waals surface area contributed by atoms with Crippen molar-refractivity contribution in [2.45, 2.75) is 166 Å².